The first-order valence-corrected chi connectivity index (χ1v) is 13.7. The van der Waals surface area contributed by atoms with E-state index in [0.29, 0.717) is 26.4 Å². The lowest BCUT2D eigenvalue weighted by molar-refractivity contribution is -0.317. The molecule has 0 spiro atoms. The van der Waals surface area contributed by atoms with Crippen molar-refractivity contribution in [2.75, 3.05) is 6.61 Å². The van der Waals surface area contributed by atoms with E-state index in [0.717, 1.165) is 22.3 Å². The van der Waals surface area contributed by atoms with Crippen molar-refractivity contribution in [1.82, 2.24) is 0 Å². The summed E-state index contributed by atoms with van der Waals surface area (Å²) >= 11 is 0. The highest BCUT2D eigenvalue weighted by molar-refractivity contribution is 5.16. The Hall–Kier alpha value is -3.36. The number of rotatable bonds is 13. The number of aliphatic hydroxyl groups excluding tert-OH is 1. The number of benzene rings is 4. The molecule has 1 heterocycles. The van der Waals surface area contributed by atoms with Crippen LogP contribution in [-0.2, 0) is 50.1 Å². The molecule has 0 bridgehead atoms. The molecule has 0 saturated carbocycles. The average Bonchev–Trinajstić information content (AvgIpc) is 3.01. The third-order valence-corrected chi connectivity index (χ3v) is 6.86. The smallest absolute Gasteiger partial charge is 0.184 e. The maximum atomic E-state index is 11.2. The van der Waals surface area contributed by atoms with Gasteiger partial charge in [-0.2, -0.15) is 0 Å². The van der Waals surface area contributed by atoms with Gasteiger partial charge in [-0.1, -0.05) is 121 Å². The van der Waals surface area contributed by atoms with E-state index in [-0.39, 0.29) is 6.61 Å². The summed E-state index contributed by atoms with van der Waals surface area (Å²) in [5, 5.41) is 11.2. The number of hydrogen-bond donors (Lipinski definition) is 1. The summed E-state index contributed by atoms with van der Waals surface area (Å²) in [6, 6.07) is 39.7. The molecular formula is C34H36O6. The second kappa shape index (κ2) is 14.9. The molecule has 0 amide bonds. The van der Waals surface area contributed by atoms with Gasteiger partial charge in [-0.05, 0) is 22.3 Å². The molecular weight excluding hydrogens is 504 g/mol. The Balaban J connectivity index is 1.36. The van der Waals surface area contributed by atoms with Crippen LogP contribution >= 0.6 is 0 Å². The van der Waals surface area contributed by atoms with E-state index in [1.165, 1.54) is 0 Å². The molecule has 1 aliphatic rings. The van der Waals surface area contributed by atoms with Crippen molar-refractivity contribution < 1.29 is 28.8 Å². The maximum Gasteiger partial charge on any atom is 0.184 e. The first-order chi connectivity index (χ1) is 19.8. The minimum Gasteiger partial charge on any atom is -0.374 e. The fourth-order valence-electron chi connectivity index (χ4n) is 4.77. The molecule has 1 N–H and O–H groups in total. The van der Waals surface area contributed by atoms with Crippen LogP contribution in [0.3, 0.4) is 0 Å². The lowest BCUT2D eigenvalue weighted by Gasteiger charge is -2.44. The maximum absolute atomic E-state index is 11.2. The van der Waals surface area contributed by atoms with Gasteiger partial charge < -0.3 is 28.8 Å². The molecule has 0 aliphatic carbocycles. The minimum absolute atomic E-state index is 0.224. The van der Waals surface area contributed by atoms with Crippen LogP contribution in [0.2, 0.25) is 0 Å². The van der Waals surface area contributed by atoms with E-state index in [2.05, 4.69) is 0 Å². The Morgan fingerprint density at radius 2 is 0.850 bits per heavy atom. The Morgan fingerprint density at radius 3 is 1.30 bits per heavy atom. The van der Waals surface area contributed by atoms with Gasteiger partial charge in [-0.3, -0.25) is 0 Å². The van der Waals surface area contributed by atoms with E-state index in [1.807, 2.05) is 121 Å². The zero-order valence-corrected chi connectivity index (χ0v) is 22.5. The minimum atomic E-state index is -1.22. The molecule has 6 heteroatoms. The summed E-state index contributed by atoms with van der Waals surface area (Å²) in [5.41, 5.74) is 4.10. The second-order valence-corrected chi connectivity index (χ2v) is 9.85. The van der Waals surface area contributed by atoms with Crippen molar-refractivity contribution in [3.63, 3.8) is 0 Å². The Bertz CT molecular complexity index is 1240. The standard InChI is InChI=1S/C34H36O6/c35-34-33(39-24-29-19-11-4-12-20-29)32(38-23-28-17-9-3-10-18-28)31(37-22-27-15-7-2-8-16-27)30(40-34)25-36-21-26-13-5-1-6-14-26/h1-20,30-35H,21-25H2/t30-,31+,32+,33-,34?/m1/s1. The highest BCUT2D eigenvalue weighted by Gasteiger charge is 2.48. The molecule has 1 saturated heterocycles. The predicted molar refractivity (Wildman–Crippen MR) is 152 cm³/mol. The molecule has 1 unspecified atom stereocenters. The van der Waals surface area contributed by atoms with E-state index in [9.17, 15) is 5.11 Å². The molecule has 1 fully saturated rings. The largest absolute Gasteiger partial charge is 0.374 e. The molecule has 5 rings (SSSR count). The van der Waals surface area contributed by atoms with E-state index >= 15 is 0 Å². The highest BCUT2D eigenvalue weighted by Crippen LogP contribution is 2.30. The van der Waals surface area contributed by atoms with Crippen molar-refractivity contribution in [2.24, 2.45) is 0 Å². The third kappa shape index (κ3) is 8.08. The summed E-state index contributed by atoms with van der Waals surface area (Å²) in [6.07, 6.45) is -3.72. The van der Waals surface area contributed by atoms with Gasteiger partial charge in [0.25, 0.3) is 0 Å². The molecule has 6 nitrogen and oxygen atoms in total. The number of ether oxygens (including phenoxy) is 5. The van der Waals surface area contributed by atoms with Crippen molar-refractivity contribution in [1.29, 1.82) is 0 Å². The first kappa shape index (κ1) is 28.2. The van der Waals surface area contributed by atoms with Gasteiger partial charge >= 0.3 is 0 Å². The van der Waals surface area contributed by atoms with Crippen LogP contribution in [0.15, 0.2) is 121 Å². The molecule has 208 valence electrons. The molecule has 4 aromatic rings. The van der Waals surface area contributed by atoms with E-state index in [4.69, 9.17) is 23.7 Å². The van der Waals surface area contributed by atoms with Crippen LogP contribution in [-0.4, -0.2) is 42.4 Å². The van der Waals surface area contributed by atoms with Crippen LogP contribution in [0.25, 0.3) is 0 Å². The van der Waals surface area contributed by atoms with Crippen LogP contribution in [0.1, 0.15) is 22.3 Å². The topological polar surface area (TPSA) is 66.4 Å². The van der Waals surface area contributed by atoms with Crippen molar-refractivity contribution in [2.45, 2.75) is 57.1 Å². The van der Waals surface area contributed by atoms with Crippen LogP contribution in [0.4, 0.5) is 0 Å². The van der Waals surface area contributed by atoms with Gasteiger partial charge in [0.15, 0.2) is 6.29 Å². The summed E-state index contributed by atoms with van der Waals surface area (Å²) in [4.78, 5) is 0. The summed E-state index contributed by atoms with van der Waals surface area (Å²) in [6.45, 7) is 1.65. The zero-order chi connectivity index (χ0) is 27.4. The fourth-order valence-corrected chi connectivity index (χ4v) is 4.77. The van der Waals surface area contributed by atoms with Gasteiger partial charge in [-0.25, -0.2) is 0 Å². The molecule has 40 heavy (non-hydrogen) atoms. The lowest BCUT2D eigenvalue weighted by Crippen LogP contribution is -2.61. The highest BCUT2D eigenvalue weighted by atomic mass is 16.7. The summed E-state index contributed by atoms with van der Waals surface area (Å²) < 4.78 is 31.4. The van der Waals surface area contributed by atoms with Crippen LogP contribution in [0.5, 0.6) is 0 Å². The molecule has 1 aliphatic heterocycles. The van der Waals surface area contributed by atoms with Gasteiger partial charge in [0.05, 0.1) is 33.0 Å². The Morgan fingerprint density at radius 1 is 0.475 bits per heavy atom. The summed E-state index contributed by atoms with van der Waals surface area (Å²) in [7, 11) is 0. The molecule has 4 aromatic carbocycles. The van der Waals surface area contributed by atoms with Crippen molar-refractivity contribution in [3.8, 4) is 0 Å². The predicted octanol–water partition coefficient (Wildman–Crippen LogP) is 5.68. The molecule has 0 radical (unpaired) electrons. The lowest BCUT2D eigenvalue weighted by atomic mass is 9.98. The van der Waals surface area contributed by atoms with E-state index < -0.39 is 30.7 Å². The fraction of sp³-hybridized carbons (Fsp3) is 0.294. The Kier molecular flexibility index (Phi) is 10.5. The molecule has 0 aromatic heterocycles. The second-order valence-electron chi connectivity index (χ2n) is 9.85. The quantitative estimate of drug-likeness (QED) is 0.236. The van der Waals surface area contributed by atoms with Gasteiger partial charge in [0.2, 0.25) is 0 Å². The van der Waals surface area contributed by atoms with Gasteiger partial charge in [0, 0.05) is 0 Å². The number of aliphatic hydroxyl groups is 1. The monoisotopic (exact) mass is 540 g/mol. The third-order valence-electron chi connectivity index (χ3n) is 6.86. The molecule has 5 atom stereocenters. The van der Waals surface area contributed by atoms with Crippen LogP contribution in [0, 0.1) is 0 Å². The number of hydrogen-bond acceptors (Lipinski definition) is 6. The summed E-state index contributed by atoms with van der Waals surface area (Å²) in [5.74, 6) is 0. The normalized spacial score (nSPS) is 22.7. The SMILES string of the molecule is OC1O[C@H](COCc2ccccc2)[C@H](OCc2ccccc2)[C@H](OCc2ccccc2)[C@H]1OCc1ccccc1. The Labute approximate surface area is 236 Å². The van der Waals surface area contributed by atoms with Gasteiger partial charge in [-0.15, -0.1) is 0 Å². The van der Waals surface area contributed by atoms with Crippen molar-refractivity contribution >= 4 is 0 Å². The zero-order valence-electron chi connectivity index (χ0n) is 22.5. The van der Waals surface area contributed by atoms with Crippen LogP contribution < -0.4 is 0 Å². The van der Waals surface area contributed by atoms with Crippen molar-refractivity contribution in [3.05, 3.63) is 144 Å². The van der Waals surface area contributed by atoms with E-state index in [1.54, 1.807) is 0 Å². The van der Waals surface area contributed by atoms with Gasteiger partial charge in [0.1, 0.15) is 24.4 Å². The average molecular weight is 541 g/mol. The first-order valence-electron chi connectivity index (χ1n) is 13.7.